The van der Waals surface area contributed by atoms with E-state index in [1.807, 2.05) is 0 Å². The van der Waals surface area contributed by atoms with E-state index < -0.39 is 45.8 Å². The van der Waals surface area contributed by atoms with Gasteiger partial charge in [-0.2, -0.15) is 8.42 Å². The Morgan fingerprint density at radius 3 is 1.47 bits per heavy atom. The predicted molar refractivity (Wildman–Crippen MR) is 168 cm³/mol. The minimum Gasteiger partial charge on any atom is -0.860 e. The van der Waals surface area contributed by atoms with Gasteiger partial charge in [-0.1, -0.05) is 129 Å². The molecule has 0 fully saturated rings. The Hall–Kier alpha value is -0.0603. The standard InChI is InChI=1S/2C14H29NO5S.Ca/c2*1-2-3-4-5-6-7-8-9-10-11-12-15-14(16)13-20-21(17,18)19;/h2*2-13H2,1H3,(H,15,16)(H,17,18,19);/q;;+2/p-2. The first kappa shape index (κ1) is 47.3. The number of rotatable bonds is 28. The first-order valence-corrected chi connectivity index (χ1v) is 18.3. The first-order valence-electron chi connectivity index (χ1n) is 15.6. The van der Waals surface area contributed by atoms with Gasteiger partial charge in [0.2, 0.25) is 16.3 Å². The summed E-state index contributed by atoms with van der Waals surface area (Å²) >= 11 is 0. The van der Waals surface area contributed by atoms with Crippen molar-refractivity contribution in [2.24, 2.45) is 4.99 Å². The van der Waals surface area contributed by atoms with Crippen LogP contribution in [0.2, 0.25) is 0 Å². The first-order chi connectivity index (χ1) is 19.9. The van der Waals surface area contributed by atoms with E-state index in [1.54, 1.807) is 0 Å². The van der Waals surface area contributed by atoms with Crippen molar-refractivity contribution in [3.63, 3.8) is 0 Å². The number of aliphatic imine (C=N–C) groups is 1. The third kappa shape index (κ3) is 46.5. The van der Waals surface area contributed by atoms with Gasteiger partial charge in [0, 0.05) is 13.1 Å². The summed E-state index contributed by atoms with van der Waals surface area (Å²) < 4.78 is 66.9. The number of carbonyl (C=O) groups is 1. The van der Waals surface area contributed by atoms with E-state index in [1.165, 1.54) is 89.9 Å². The van der Waals surface area contributed by atoms with Crippen LogP contribution in [-0.4, -0.2) is 102 Å². The average Bonchev–Trinajstić information content (AvgIpc) is 2.92. The fourth-order valence-electron chi connectivity index (χ4n) is 3.99. The van der Waals surface area contributed by atoms with Crippen molar-refractivity contribution in [2.45, 2.75) is 142 Å². The van der Waals surface area contributed by atoms with Crippen molar-refractivity contribution >= 4 is 70.3 Å². The molecule has 0 bridgehead atoms. The Kier molecular flexibility index (Phi) is 36.7. The van der Waals surface area contributed by atoms with Gasteiger partial charge in [0.1, 0.15) is 6.61 Å². The molecule has 0 aromatic heterocycles. The third-order valence-electron chi connectivity index (χ3n) is 6.32. The summed E-state index contributed by atoms with van der Waals surface area (Å²) in [7, 11) is -9.34. The number of carbonyl (C=O) groups excluding carboxylic acids is 1. The molecule has 0 atom stereocenters. The number of hydrogen-bond acceptors (Lipinski definition) is 10. The zero-order valence-corrected chi connectivity index (χ0v) is 30.4. The van der Waals surface area contributed by atoms with Crippen molar-refractivity contribution < 1.29 is 44.2 Å². The summed E-state index contributed by atoms with van der Waals surface area (Å²) in [5, 5.41) is 13.6. The Balaban J connectivity index is -0.000000727. The van der Waals surface area contributed by atoms with Crippen LogP contribution in [0.3, 0.4) is 0 Å². The summed E-state index contributed by atoms with van der Waals surface area (Å²) in [4.78, 5) is 14.8. The second kappa shape index (κ2) is 33.3. The summed E-state index contributed by atoms with van der Waals surface area (Å²) in [5.41, 5.74) is 0. The molecule has 0 saturated carbocycles. The van der Waals surface area contributed by atoms with Crippen LogP contribution in [0, 0.1) is 0 Å². The number of nitrogens with zero attached hydrogens (tertiary/aromatic N) is 1. The SMILES string of the molecule is CCCCCCCCCCCCN=C([O-])COS(=O)(=O)[O-].CCCCCCCCCCCCNC(=O)COS(=O)(=O)O.[Ca+2]. The van der Waals surface area contributed by atoms with Gasteiger partial charge in [0.25, 0.3) is 0 Å². The molecule has 0 unspecified atom stereocenters. The van der Waals surface area contributed by atoms with Gasteiger partial charge in [-0.05, 0) is 18.7 Å². The maximum absolute atomic E-state index is 11.1. The quantitative estimate of drug-likeness (QED) is 0.0294. The van der Waals surface area contributed by atoms with Crippen molar-refractivity contribution in [1.82, 2.24) is 5.32 Å². The van der Waals surface area contributed by atoms with Crippen molar-refractivity contribution in [3.05, 3.63) is 0 Å². The van der Waals surface area contributed by atoms with Crippen LogP contribution < -0.4 is 10.4 Å². The van der Waals surface area contributed by atoms with Crippen LogP contribution in [0.5, 0.6) is 0 Å². The van der Waals surface area contributed by atoms with E-state index >= 15 is 0 Å². The van der Waals surface area contributed by atoms with Crippen LogP contribution >= 0.6 is 0 Å². The Labute approximate surface area is 291 Å². The second-order valence-corrected chi connectivity index (χ2v) is 12.5. The summed E-state index contributed by atoms with van der Waals surface area (Å²) in [6.45, 7) is 3.83. The van der Waals surface area contributed by atoms with Gasteiger partial charge in [-0.3, -0.25) is 13.5 Å². The maximum atomic E-state index is 11.1. The molecule has 1 amide bonds. The van der Waals surface area contributed by atoms with E-state index in [-0.39, 0.29) is 37.7 Å². The molecule has 15 heteroatoms. The van der Waals surface area contributed by atoms with Crippen LogP contribution in [0.15, 0.2) is 4.99 Å². The molecule has 0 aromatic rings. The topological polar surface area (TPSA) is 195 Å². The van der Waals surface area contributed by atoms with Crippen molar-refractivity contribution in [3.8, 4) is 0 Å². The smallest absolute Gasteiger partial charge is 0.860 e. The molecule has 0 saturated heterocycles. The van der Waals surface area contributed by atoms with E-state index in [0.29, 0.717) is 13.1 Å². The van der Waals surface area contributed by atoms with Crippen LogP contribution in [0.25, 0.3) is 0 Å². The van der Waals surface area contributed by atoms with Gasteiger partial charge >= 0.3 is 48.1 Å². The average molecular weight is 685 g/mol. The molecule has 43 heavy (non-hydrogen) atoms. The van der Waals surface area contributed by atoms with Crippen LogP contribution in [-0.2, 0) is 34.0 Å². The minimum absolute atomic E-state index is 0. The van der Waals surface area contributed by atoms with E-state index in [9.17, 15) is 31.3 Å². The van der Waals surface area contributed by atoms with Gasteiger partial charge < -0.3 is 20.0 Å². The number of amides is 1. The molecule has 0 aliphatic carbocycles. The van der Waals surface area contributed by atoms with Crippen molar-refractivity contribution in [1.29, 1.82) is 0 Å². The molecule has 2 N–H and O–H groups in total. The zero-order chi connectivity index (χ0) is 32.0. The second-order valence-electron chi connectivity index (χ2n) is 10.3. The zero-order valence-electron chi connectivity index (χ0n) is 26.6. The molecule has 0 aliphatic rings. The van der Waals surface area contributed by atoms with Gasteiger partial charge in [0.15, 0.2) is 0 Å². The van der Waals surface area contributed by atoms with Gasteiger partial charge in [-0.15, -0.1) is 0 Å². The fourth-order valence-corrected chi connectivity index (χ4v) is 4.49. The molecule has 0 radical (unpaired) electrons. The summed E-state index contributed by atoms with van der Waals surface area (Å²) in [5.74, 6) is -1.24. The van der Waals surface area contributed by atoms with Crippen LogP contribution in [0.4, 0.5) is 0 Å². The van der Waals surface area contributed by atoms with Gasteiger partial charge in [-0.25, -0.2) is 12.6 Å². The van der Waals surface area contributed by atoms with E-state index in [0.717, 1.165) is 38.5 Å². The monoisotopic (exact) mass is 684 g/mol. The summed E-state index contributed by atoms with van der Waals surface area (Å²) in [6, 6.07) is 0. The number of nitrogens with one attached hydrogen (secondary N) is 1. The predicted octanol–water partition coefficient (Wildman–Crippen LogP) is 4.61. The molecule has 0 aromatic carbocycles. The molecule has 0 aliphatic heterocycles. The minimum atomic E-state index is -4.80. The molecule has 252 valence electrons. The molecule has 12 nitrogen and oxygen atoms in total. The number of unbranched alkanes of at least 4 members (excludes halogenated alkanes) is 18. The molecule has 0 rings (SSSR count). The Bertz CT molecular complexity index is 873. The van der Waals surface area contributed by atoms with E-state index in [4.69, 9.17) is 4.55 Å². The van der Waals surface area contributed by atoms with Crippen LogP contribution in [0.1, 0.15) is 142 Å². The third-order valence-corrected chi connectivity index (χ3v) is 7.14. The number of hydrogen-bond donors (Lipinski definition) is 2. The van der Waals surface area contributed by atoms with Crippen molar-refractivity contribution in [2.75, 3.05) is 26.3 Å². The van der Waals surface area contributed by atoms with E-state index in [2.05, 4.69) is 32.5 Å². The fraction of sp³-hybridized carbons (Fsp3) is 0.929. The Morgan fingerprint density at radius 1 is 0.674 bits per heavy atom. The maximum Gasteiger partial charge on any atom is 2.00 e. The summed E-state index contributed by atoms with van der Waals surface area (Å²) in [6.07, 6.45) is 24.1. The molecular weight excluding hydrogens is 629 g/mol. The Morgan fingerprint density at radius 2 is 1.07 bits per heavy atom. The molecule has 0 heterocycles. The largest absolute Gasteiger partial charge is 2.00 e. The molecule has 0 spiro atoms. The molecular formula is C28H56CaN2O10S2. The van der Waals surface area contributed by atoms with Gasteiger partial charge in [0.05, 0.1) is 6.61 Å². The normalized spacial score (nSPS) is 11.9.